The van der Waals surface area contributed by atoms with Crippen molar-refractivity contribution < 1.29 is 47.5 Å². The Labute approximate surface area is 268 Å². The summed E-state index contributed by atoms with van der Waals surface area (Å²) in [6.07, 6.45) is 1.67. The first-order chi connectivity index (χ1) is 22.1. The minimum Gasteiger partial charge on any atom is -0.493 e. The van der Waals surface area contributed by atoms with E-state index < -0.39 is 29.5 Å². The maximum atomic E-state index is 14.0. The molecule has 0 fully saturated rings. The Morgan fingerprint density at radius 3 is 2.13 bits per heavy atom. The average Bonchev–Trinajstić information content (AvgIpc) is 3.35. The van der Waals surface area contributed by atoms with Gasteiger partial charge in [0.2, 0.25) is 0 Å². The number of methoxy groups -OCH3 is 3. The van der Waals surface area contributed by atoms with Gasteiger partial charge in [0.05, 0.1) is 56.4 Å². The summed E-state index contributed by atoms with van der Waals surface area (Å²) in [7, 11) is 3.98. The minimum atomic E-state index is -0.907. The molecule has 4 rings (SSSR count). The van der Waals surface area contributed by atoms with Gasteiger partial charge in [0.1, 0.15) is 0 Å². The first-order valence-corrected chi connectivity index (χ1v) is 15.0. The molecule has 0 N–H and O–H groups in total. The van der Waals surface area contributed by atoms with E-state index in [0.717, 1.165) is 11.3 Å². The maximum Gasteiger partial charge on any atom is 0.343 e. The van der Waals surface area contributed by atoms with E-state index in [2.05, 4.69) is 14.5 Å². The highest BCUT2D eigenvalue weighted by molar-refractivity contribution is 7.07. The Morgan fingerprint density at radius 1 is 0.870 bits per heavy atom. The standard InChI is InChI=1S/C32H34N2O11S/c1-7-42-24-15-20(10-12-22(24)45-17-27(36)41-6)29-28(31(38)43-8-2)18(3)33-32-34(29)30(37)25(46-32)14-19-9-11-21(23(13-19)39-4)44-16-26(35)40-5/h9-15,29H,7-8,16-17H2,1-6H3/b25-14-/t29-/m0/s1. The molecule has 13 nitrogen and oxygen atoms in total. The molecule has 2 aromatic carbocycles. The summed E-state index contributed by atoms with van der Waals surface area (Å²) >= 11 is 1.15. The molecular weight excluding hydrogens is 620 g/mol. The number of esters is 3. The van der Waals surface area contributed by atoms with Crippen molar-refractivity contribution in [2.24, 2.45) is 4.99 Å². The second-order valence-electron chi connectivity index (χ2n) is 9.58. The first kappa shape index (κ1) is 33.8. The highest BCUT2D eigenvalue weighted by Crippen LogP contribution is 2.36. The lowest BCUT2D eigenvalue weighted by Crippen LogP contribution is -2.40. The molecule has 0 radical (unpaired) electrons. The van der Waals surface area contributed by atoms with Gasteiger partial charge in [0.25, 0.3) is 5.56 Å². The molecule has 0 aliphatic carbocycles. The largest absolute Gasteiger partial charge is 0.493 e. The Bertz CT molecular complexity index is 1840. The third kappa shape index (κ3) is 7.40. The van der Waals surface area contributed by atoms with E-state index in [9.17, 15) is 19.2 Å². The molecule has 0 saturated heterocycles. The zero-order chi connectivity index (χ0) is 33.4. The summed E-state index contributed by atoms with van der Waals surface area (Å²) < 4.78 is 38.8. The average molecular weight is 655 g/mol. The SMILES string of the molecule is CCOC(=O)C1=C(C)N=c2s/c(=C\c3ccc(OCC(=O)OC)c(OC)c3)c(=O)n2[C@H]1c1ccc(OCC(=O)OC)c(OCC)c1. The number of hydrogen-bond acceptors (Lipinski definition) is 13. The van der Waals surface area contributed by atoms with Gasteiger partial charge in [-0.05, 0) is 62.2 Å². The van der Waals surface area contributed by atoms with Crippen molar-refractivity contribution in [3.8, 4) is 23.0 Å². The molecule has 2 heterocycles. The van der Waals surface area contributed by atoms with E-state index in [0.29, 0.717) is 43.4 Å². The zero-order valence-electron chi connectivity index (χ0n) is 26.2. The van der Waals surface area contributed by atoms with E-state index in [1.165, 1.54) is 25.9 Å². The molecule has 14 heteroatoms. The van der Waals surface area contributed by atoms with E-state index >= 15 is 0 Å². The Hall–Kier alpha value is -5.11. The van der Waals surface area contributed by atoms with Crippen molar-refractivity contribution in [1.82, 2.24) is 4.57 Å². The van der Waals surface area contributed by atoms with Crippen molar-refractivity contribution >= 4 is 35.3 Å². The Balaban J connectivity index is 1.83. The topological polar surface area (TPSA) is 150 Å². The minimum absolute atomic E-state index is 0.123. The van der Waals surface area contributed by atoms with Crippen LogP contribution in [0.1, 0.15) is 37.9 Å². The summed E-state index contributed by atoms with van der Waals surface area (Å²) in [5, 5.41) is 0. The lowest BCUT2D eigenvalue weighted by atomic mass is 9.95. The van der Waals surface area contributed by atoms with Crippen LogP contribution in [0.25, 0.3) is 6.08 Å². The molecule has 1 atom stereocenters. The van der Waals surface area contributed by atoms with Gasteiger partial charge in [-0.3, -0.25) is 9.36 Å². The van der Waals surface area contributed by atoms with Crippen LogP contribution < -0.4 is 33.8 Å². The van der Waals surface area contributed by atoms with Crippen molar-refractivity contribution in [3.63, 3.8) is 0 Å². The molecule has 3 aromatic rings. The molecule has 46 heavy (non-hydrogen) atoms. The van der Waals surface area contributed by atoms with Gasteiger partial charge in [0.15, 0.2) is 41.0 Å². The first-order valence-electron chi connectivity index (χ1n) is 14.2. The molecule has 1 aromatic heterocycles. The van der Waals surface area contributed by atoms with Crippen LogP contribution >= 0.6 is 11.3 Å². The van der Waals surface area contributed by atoms with Crippen LogP contribution in [0, 0.1) is 0 Å². The van der Waals surface area contributed by atoms with Gasteiger partial charge in [0, 0.05) is 0 Å². The van der Waals surface area contributed by atoms with Gasteiger partial charge < -0.3 is 33.2 Å². The fraction of sp³-hybridized carbons (Fsp3) is 0.344. The van der Waals surface area contributed by atoms with Gasteiger partial charge in [-0.2, -0.15) is 0 Å². The number of allylic oxidation sites excluding steroid dienone is 1. The van der Waals surface area contributed by atoms with E-state index in [-0.39, 0.29) is 37.8 Å². The predicted octanol–water partition coefficient (Wildman–Crippen LogP) is 2.31. The monoisotopic (exact) mass is 654 g/mol. The highest BCUT2D eigenvalue weighted by Gasteiger charge is 2.34. The number of benzene rings is 2. The number of carbonyl (C=O) groups is 3. The summed E-state index contributed by atoms with van der Waals surface area (Å²) in [5.41, 5.74) is 1.36. The normalized spacial score (nSPS) is 14.1. The van der Waals surface area contributed by atoms with Crippen LogP contribution in [0.2, 0.25) is 0 Å². The number of nitrogens with zero attached hydrogens (tertiary/aromatic N) is 2. The third-order valence-electron chi connectivity index (χ3n) is 6.73. The zero-order valence-corrected chi connectivity index (χ0v) is 27.1. The summed E-state index contributed by atoms with van der Waals surface area (Å²) in [5.74, 6) is -0.453. The summed E-state index contributed by atoms with van der Waals surface area (Å²) in [6.45, 7) is 4.96. The van der Waals surface area contributed by atoms with Gasteiger partial charge in [-0.15, -0.1) is 0 Å². The molecule has 0 saturated carbocycles. The molecular formula is C32H34N2O11S. The van der Waals surface area contributed by atoms with Gasteiger partial charge in [-0.25, -0.2) is 19.4 Å². The number of hydrogen-bond donors (Lipinski definition) is 0. The lowest BCUT2D eigenvalue weighted by Gasteiger charge is -2.25. The van der Waals surface area contributed by atoms with E-state index in [4.69, 9.17) is 23.7 Å². The van der Waals surface area contributed by atoms with E-state index in [1.54, 1.807) is 63.2 Å². The Morgan fingerprint density at radius 2 is 1.52 bits per heavy atom. The smallest absolute Gasteiger partial charge is 0.343 e. The van der Waals surface area contributed by atoms with Crippen molar-refractivity contribution in [2.45, 2.75) is 26.8 Å². The molecule has 0 unspecified atom stereocenters. The van der Waals surface area contributed by atoms with Crippen LogP contribution in [-0.4, -0.2) is 70.2 Å². The third-order valence-corrected chi connectivity index (χ3v) is 7.72. The summed E-state index contributed by atoms with van der Waals surface area (Å²) in [4.78, 5) is 55.5. The van der Waals surface area contributed by atoms with Gasteiger partial charge in [-0.1, -0.05) is 23.5 Å². The highest BCUT2D eigenvalue weighted by atomic mass is 32.1. The van der Waals surface area contributed by atoms with Crippen molar-refractivity contribution in [3.05, 3.63) is 78.5 Å². The molecule has 0 amide bonds. The van der Waals surface area contributed by atoms with Crippen molar-refractivity contribution in [2.75, 3.05) is 47.8 Å². The molecule has 244 valence electrons. The fourth-order valence-corrected chi connectivity index (χ4v) is 5.67. The van der Waals surface area contributed by atoms with Crippen LogP contribution in [0.4, 0.5) is 0 Å². The molecule has 1 aliphatic heterocycles. The van der Waals surface area contributed by atoms with Crippen LogP contribution in [-0.2, 0) is 28.6 Å². The second-order valence-corrected chi connectivity index (χ2v) is 10.6. The number of carbonyl (C=O) groups excluding carboxylic acids is 3. The quantitative estimate of drug-likeness (QED) is 0.197. The van der Waals surface area contributed by atoms with Crippen LogP contribution in [0.5, 0.6) is 23.0 Å². The summed E-state index contributed by atoms with van der Waals surface area (Å²) in [6, 6.07) is 9.04. The number of fused-ring (bicyclic) bond motifs is 1. The van der Waals surface area contributed by atoms with E-state index in [1.807, 2.05) is 0 Å². The lowest BCUT2D eigenvalue weighted by molar-refractivity contribution is -0.143. The Kier molecular flexibility index (Phi) is 11.2. The molecule has 0 bridgehead atoms. The second kappa shape index (κ2) is 15.3. The predicted molar refractivity (Wildman–Crippen MR) is 166 cm³/mol. The number of rotatable bonds is 13. The van der Waals surface area contributed by atoms with Crippen LogP contribution in [0.15, 0.2) is 57.5 Å². The molecule has 0 spiro atoms. The maximum absolute atomic E-state index is 14.0. The number of aromatic nitrogens is 1. The molecule has 1 aliphatic rings. The van der Waals surface area contributed by atoms with Crippen LogP contribution in [0.3, 0.4) is 0 Å². The number of thiazole rings is 1. The van der Waals surface area contributed by atoms with Gasteiger partial charge >= 0.3 is 17.9 Å². The fourth-order valence-electron chi connectivity index (χ4n) is 4.62. The number of ether oxygens (including phenoxy) is 7. The van der Waals surface area contributed by atoms with Crippen molar-refractivity contribution in [1.29, 1.82) is 0 Å².